The topological polar surface area (TPSA) is 46.2 Å². The number of rotatable bonds is 8. The van der Waals surface area contributed by atoms with Crippen LogP contribution in [0, 0.1) is 0 Å². The Morgan fingerprint density at radius 2 is 1.61 bits per heavy atom. The van der Waals surface area contributed by atoms with Gasteiger partial charge in [0.05, 0.1) is 4.90 Å². The molecular weight excluding hydrogens is 382 g/mol. The number of hydrogen-bond donors (Lipinski definition) is 1. The molecule has 6 heteroatoms. The molecule has 0 spiro atoms. The fourth-order valence-corrected chi connectivity index (χ4v) is 3.21. The van der Waals surface area contributed by atoms with Crippen molar-refractivity contribution in [1.82, 2.24) is 4.72 Å². The Morgan fingerprint density at radius 1 is 1.00 bits per heavy atom. The molecule has 1 aromatic rings. The van der Waals surface area contributed by atoms with Crippen molar-refractivity contribution >= 4 is 41.9 Å². The number of benzene rings is 1. The molecule has 0 saturated heterocycles. The van der Waals surface area contributed by atoms with Crippen molar-refractivity contribution in [3.05, 3.63) is 28.7 Å². The van der Waals surface area contributed by atoms with E-state index in [1.165, 1.54) is 0 Å². The second kappa shape index (κ2) is 8.30. The standard InChI is InChI=1S/C12H17Br2NO2S/c13-9-3-1-2-4-10-15-18(16,17)12-7-5-11(14)6-8-12/h5-8,15H,1-4,9-10H2. The van der Waals surface area contributed by atoms with Crippen LogP contribution >= 0.6 is 31.9 Å². The van der Waals surface area contributed by atoms with Crippen LogP contribution in [0.2, 0.25) is 0 Å². The zero-order valence-electron chi connectivity index (χ0n) is 10.0. The molecule has 1 rings (SSSR count). The molecule has 0 aliphatic heterocycles. The summed E-state index contributed by atoms with van der Waals surface area (Å²) in [5, 5.41) is 1.01. The molecule has 0 fully saturated rings. The lowest BCUT2D eigenvalue weighted by Gasteiger charge is -2.06. The van der Waals surface area contributed by atoms with E-state index in [-0.39, 0.29) is 0 Å². The van der Waals surface area contributed by atoms with Crippen molar-refractivity contribution in [1.29, 1.82) is 0 Å². The minimum Gasteiger partial charge on any atom is -0.211 e. The first-order valence-corrected chi connectivity index (χ1v) is 9.27. The van der Waals surface area contributed by atoms with Crippen LogP contribution < -0.4 is 4.72 Å². The Balaban J connectivity index is 2.38. The van der Waals surface area contributed by atoms with Gasteiger partial charge in [-0.2, -0.15) is 0 Å². The maximum Gasteiger partial charge on any atom is 0.240 e. The van der Waals surface area contributed by atoms with Crippen molar-refractivity contribution in [2.75, 3.05) is 11.9 Å². The lowest BCUT2D eigenvalue weighted by Crippen LogP contribution is -2.24. The summed E-state index contributed by atoms with van der Waals surface area (Å²) in [5.74, 6) is 0. The van der Waals surface area contributed by atoms with E-state index in [2.05, 4.69) is 36.6 Å². The molecule has 1 aromatic carbocycles. The van der Waals surface area contributed by atoms with Crippen molar-refractivity contribution in [2.45, 2.75) is 30.6 Å². The third-order valence-corrected chi connectivity index (χ3v) is 5.04. The Morgan fingerprint density at radius 3 is 2.22 bits per heavy atom. The molecule has 0 atom stereocenters. The Kier molecular flexibility index (Phi) is 7.44. The summed E-state index contributed by atoms with van der Waals surface area (Å²) in [6.07, 6.45) is 4.20. The first-order valence-electron chi connectivity index (χ1n) is 5.87. The minimum atomic E-state index is -3.35. The highest BCUT2D eigenvalue weighted by Gasteiger charge is 2.12. The lowest BCUT2D eigenvalue weighted by molar-refractivity contribution is 0.574. The van der Waals surface area contributed by atoms with Gasteiger partial charge < -0.3 is 0 Å². The average Bonchev–Trinajstić information content (AvgIpc) is 2.34. The van der Waals surface area contributed by atoms with Gasteiger partial charge in [-0.25, -0.2) is 13.1 Å². The maximum absolute atomic E-state index is 11.9. The molecule has 0 aromatic heterocycles. The van der Waals surface area contributed by atoms with Crippen molar-refractivity contribution in [3.63, 3.8) is 0 Å². The Hall–Kier alpha value is 0.0900. The predicted molar refractivity (Wildman–Crippen MR) is 81.6 cm³/mol. The summed E-state index contributed by atoms with van der Waals surface area (Å²) in [6, 6.07) is 6.64. The van der Waals surface area contributed by atoms with Gasteiger partial charge in [-0.15, -0.1) is 0 Å². The SMILES string of the molecule is O=S(=O)(NCCCCCCBr)c1ccc(Br)cc1. The highest BCUT2D eigenvalue weighted by molar-refractivity contribution is 9.10. The van der Waals surface area contributed by atoms with Crippen molar-refractivity contribution in [2.24, 2.45) is 0 Å². The summed E-state index contributed by atoms with van der Waals surface area (Å²) in [7, 11) is -3.35. The summed E-state index contributed by atoms with van der Waals surface area (Å²) < 4.78 is 27.3. The molecule has 1 N–H and O–H groups in total. The highest BCUT2D eigenvalue weighted by Crippen LogP contribution is 2.14. The van der Waals surface area contributed by atoms with Crippen LogP contribution in [-0.4, -0.2) is 20.3 Å². The Labute approximate surface area is 126 Å². The molecule has 102 valence electrons. The number of alkyl halides is 1. The normalized spacial score (nSPS) is 11.7. The fraction of sp³-hybridized carbons (Fsp3) is 0.500. The zero-order valence-corrected chi connectivity index (χ0v) is 14.0. The van der Waals surface area contributed by atoms with Gasteiger partial charge in [0.25, 0.3) is 0 Å². The molecule has 3 nitrogen and oxygen atoms in total. The van der Waals surface area contributed by atoms with E-state index in [0.717, 1.165) is 35.5 Å². The van der Waals surface area contributed by atoms with Gasteiger partial charge in [0.1, 0.15) is 0 Å². The van der Waals surface area contributed by atoms with Crippen LogP contribution in [0.5, 0.6) is 0 Å². The molecule has 0 heterocycles. The van der Waals surface area contributed by atoms with Gasteiger partial charge in [-0.05, 0) is 37.1 Å². The number of halogens is 2. The second-order valence-electron chi connectivity index (χ2n) is 3.95. The number of unbranched alkanes of at least 4 members (excludes halogenated alkanes) is 3. The van der Waals surface area contributed by atoms with Gasteiger partial charge in [0.2, 0.25) is 10.0 Å². The maximum atomic E-state index is 11.9. The summed E-state index contributed by atoms with van der Waals surface area (Å²) >= 11 is 6.65. The van der Waals surface area contributed by atoms with E-state index in [1.54, 1.807) is 24.3 Å². The minimum absolute atomic E-state index is 0.311. The van der Waals surface area contributed by atoms with E-state index in [0.29, 0.717) is 11.4 Å². The highest BCUT2D eigenvalue weighted by atomic mass is 79.9. The van der Waals surface area contributed by atoms with E-state index < -0.39 is 10.0 Å². The van der Waals surface area contributed by atoms with Crippen LogP contribution in [0.4, 0.5) is 0 Å². The predicted octanol–water partition coefficient (Wildman–Crippen LogP) is 3.68. The van der Waals surface area contributed by atoms with Crippen molar-refractivity contribution < 1.29 is 8.42 Å². The molecule has 0 aliphatic rings. The lowest BCUT2D eigenvalue weighted by atomic mass is 10.2. The zero-order chi connectivity index (χ0) is 13.4. The van der Waals surface area contributed by atoms with E-state index >= 15 is 0 Å². The third-order valence-electron chi connectivity index (χ3n) is 2.48. The number of hydrogen-bond acceptors (Lipinski definition) is 2. The summed E-state index contributed by atoms with van der Waals surface area (Å²) in [5.41, 5.74) is 0. The monoisotopic (exact) mass is 397 g/mol. The molecule has 0 radical (unpaired) electrons. The molecule has 0 amide bonds. The van der Waals surface area contributed by atoms with Gasteiger partial charge in [0.15, 0.2) is 0 Å². The van der Waals surface area contributed by atoms with Gasteiger partial charge in [-0.3, -0.25) is 0 Å². The van der Waals surface area contributed by atoms with Crippen LogP contribution in [0.25, 0.3) is 0 Å². The quantitative estimate of drug-likeness (QED) is 0.536. The van der Waals surface area contributed by atoms with Crippen LogP contribution in [-0.2, 0) is 10.0 Å². The molecule has 0 aliphatic carbocycles. The van der Waals surface area contributed by atoms with Gasteiger partial charge >= 0.3 is 0 Å². The second-order valence-corrected chi connectivity index (χ2v) is 7.43. The largest absolute Gasteiger partial charge is 0.240 e. The number of nitrogens with one attached hydrogen (secondary N) is 1. The first-order chi connectivity index (χ1) is 8.56. The smallest absolute Gasteiger partial charge is 0.211 e. The van der Waals surface area contributed by atoms with Crippen LogP contribution in [0.15, 0.2) is 33.6 Å². The summed E-state index contributed by atoms with van der Waals surface area (Å²) in [4.78, 5) is 0.311. The summed E-state index contributed by atoms with van der Waals surface area (Å²) in [6.45, 7) is 0.501. The molecule has 0 saturated carbocycles. The Bertz CT molecular complexity index is 446. The fourth-order valence-electron chi connectivity index (χ4n) is 1.48. The van der Waals surface area contributed by atoms with Crippen molar-refractivity contribution in [3.8, 4) is 0 Å². The van der Waals surface area contributed by atoms with Crippen LogP contribution in [0.1, 0.15) is 25.7 Å². The van der Waals surface area contributed by atoms with E-state index in [9.17, 15) is 8.42 Å². The third kappa shape index (κ3) is 5.82. The van der Waals surface area contributed by atoms with E-state index in [4.69, 9.17) is 0 Å². The molecule has 0 unspecified atom stereocenters. The van der Waals surface area contributed by atoms with Gasteiger partial charge in [-0.1, -0.05) is 44.7 Å². The molecular formula is C12H17Br2NO2S. The number of sulfonamides is 1. The average molecular weight is 399 g/mol. The molecule has 0 bridgehead atoms. The first kappa shape index (κ1) is 16.1. The van der Waals surface area contributed by atoms with Crippen LogP contribution in [0.3, 0.4) is 0 Å². The molecule has 18 heavy (non-hydrogen) atoms. The van der Waals surface area contributed by atoms with Gasteiger partial charge in [0, 0.05) is 16.3 Å². The van der Waals surface area contributed by atoms with E-state index in [1.807, 2.05) is 0 Å².